The number of anilines is 1. The first-order valence-electron chi connectivity index (χ1n) is 8.99. The lowest BCUT2D eigenvalue weighted by molar-refractivity contribution is -0.117. The van der Waals surface area contributed by atoms with Gasteiger partial charge in [0.05, 0.1) is 17.5 Å². The van der Waals surface area contributed by atoms with E-state index in [0.717, 1.165) is 22.4 Å². The van der Waals surface area contributed by atoms with Gasteiger partial charge in [-0.05, 0) is 29.7 Å². The summed E-state index contributed by atoms with van der Waals surface area (Å²) in [6, 6.07) is 12.2. The molecule has 0 bridgehead atoms. The third-order valence-electron chi connectivity index (χ3n) is 4.85. The number of carbonyl (C=O) groups excluding carboxylic acids is 2. The van der Waals surface area contributed by atoms with Crippen molar-refractivity contribution in [3.8, 4) is 11.3 Å². The van der Waals surface area contributed by atoms with Gasteiger partial charge in [0.25, 0.3) is 11.8 Å². The second-order valence-corrected chi connectivity index (χ2v) is 7.50. The highest BCUT2D eigenvalue weighted by atomic mass is 35.5. The van der Waals surface area contributed by atoms with Gasteiger partial charge in [0, 0.05) is 21.8 Å². The average Bonchev–Trinajstić information content (AvgIpc) is 3.26. The molecule has 6 nitrogen and oxygen atoms in total. The summed E-state index contributed by atoms with van der Waals surface area (Å²) in [5.41, 5.74) is 4.25. The van der Waals surface area contributed by atoms with Crippen LogP contribution < -0.4 is 10.6 Å². The van der Waals surface area contributed by atoms with Crippen LogP contribution in [0.15, 0.2) is 48.7 Å². The van der Waals surface area contributed by atoms with Crippen molar-refractivity contribution in [2.75, 3.05) is 5.32 Å². The summed E-state index contributed by atoms with van der Waals surface area (Å²) >= 11 is 6.06. The molecule has 7 heteroatoms. The number of fused-ring (bicyclic) bond motifs is 1. The first-order chi connectivity index (χ1) is 13.4. The van der Waals surface area contributed by atoms with E-state index in [1.54, 1.807) is 18.2 Å². The smallest absolute Gasteiger partial charge is 0.256 e. The number of aromatic amines is 1. The Labute approximate surface area is 167 Å². The summed E-state index contributed by atoms with van der Waals surface area (Å²) in [7, 11) is 0. The Morgan fingerprint density at radius 2 is 2.04 bits per heavy atom. The number of benzene rings is 2. The molecular weight excluding hydrogens is 376 g/mol. The minimum absolute atomic E-state index is 0.253. The normalized spacial score (nSPS) is 15.4. The van der Waals surface area contributed by atoms with Gasteiger partial charge < -0.3 is 10.6 Å². The van der Waals surface area contributed by atoms with Crippen molar-refractivity contribution >= 4 is 29.1 Å². The zero-order valence-corrected chi connectivity index (χ0v) is 16.2. The Hall–Kier alpha value is -3.12. The molecule has 0 unspecified atom stereocenters. The van der Waals surface area contributed by atoms with Gasteiger partial charge in [0.15, 0.2) is 0 Å². The molecule has 0 radical (unpaired) electrons. The van der Waals surface area contributed by atoms with Crippen LogP contribution in [-0.4, -0.2) is 22.0 Å². The van der Waals surface area contributed by atoms with Crippen molar-refractivity contribution in [1.29, 1.82) is 0 Å². The molecule has 0 fully saturated rings. The molecule has 2 heterocycles. The van der Waals surface area contributed by atoms with Crippen LogP contribution in [-0.2, 0) is 4.79 Å². The fourth-order valence-electron chi connectivity index (χ4n) is 3.31. The first kappa shape index (κ1) is 18.3. The molecule has 4 rings (SSSR count). The van der Waals surface area contributed by atoms with E-state index in [-0.39, 0.29) is 11.8 Å². The summed E-state index contributed by atoms with van der Waals surface area (Å²) in [5.74, 6) is -0.315. The second kappa shape index (κ2) is 7.13. The van der Waals surface area contributed by atoms with E-state index in [1.807, 2.05) is 24.3 Å². The average molecular weight is 395 g/mol. The number of halogens is 1. The quantitative estimate of drug-likeness (QED) is 0.617. The Morgan fingerprint density at radius 1 is 1.21 bits per heavy atom. The molecule has 142 valence electrons. The lowest BCUT2D eigenvalue weighted by Gasteiger charge is -2.14. The van der Waals surface area contributed by atoms with Gasteiger partial charge in [-0.2, -0.15) is 5.10 Å². The number of amides is 2. The van der Waals surface area contributed by atoms with Crippen molar-refractivity contribution in [3.63, 3.8) is 0 Å². The molecule has 3 N–H and O–H groups in total. The summed E-state index contributed by atoms with van der Waals surface area (Å²) in [6.45, 7) is 4.17. The highest BCUT2D eigenvalue weighted by Gasteiger charge is 2.33. The number of H-pyrrole nitrogens is 1. The van der Waals surface area contributed by atoms with E-state index in [9.17, 15) is 9.59 Å². The number of rotatable bonds is 4. The Kier molecular flexibility index (Phi) is 4.65. The highest BCUT2D eigenvalue weighted by molar-refractivity contribution is 6.30. The minimum atomic E-state index is -0.747. The van der Waals surface area contributed by atoms with E-state index < -0.39 is 6.04 Å². The minimum Gasteiger partial charge on any atom is -0.336 e. The van der Waals surface area contributed by atoms with Crippen LogP contribution in [0.5, 0.6) is 0 Å². The number of nitrogens with zero attached hydrogens (tertiary/aromatic N) is 1. The van der Waals surface area contributed by atoms with Crippen LogP contribution in [0.2, 0.25) is 5.02 Å². The van der Waals surface area contributed by atoms with Crippen molar-refractivity contribution in [2.45, 2.75) is 25.8 Å². The number of carbonyl (C=O) groups is 2. The maximum Gasteiger partial charge on any atom is 0.256 e. The van der Waals surface area contributed by atoms with Gasteiger partial charge in [-0.25, -0.2) is 0 Å². The highest BCUT2D eigenvalue weighted by Crippen LogP contribution is 2.34. The van der Waals surface area contributed by atoms with E-state index in [2.05, 4.69) is 34.7 Å². The van der Waals surface area contributed by atoms with Crippen LogP contribution >= 0.6 is 11.6 Å². The molecule has 1 aromatic heterocycles. The summed E-state index contributed by atoms with van der Waals surface area (Å²) < 4.78 is 0. The summed E-state index contributed by atoms with van der Waals surface area (Å²) in [6.07, 6.45) is 1.45. The van der Waals surface area contributed by atoms with E-state index in [4.69, 9.17) is 11.6 Å². The number of nitrogens with one attached hydrogen (secondary N) is 3. The molecule has 2 amide bonds. The Bertz CT molecular complexity index is 1070. The fraction of sp³-hybridized carbons (Fsp3) is 0.190. The van der Waals surface area contributed by atoms with Gasteiger partial charge in [0.1, 0.15) is 6.04 Å². The molecule has 1 aliphatic rings. The van der Waals surface area contributed by atoms with Crippen LogP contribution in [0.25, 0.3) is 11.3 Å². The van der Waals surface area contributed by atoms with E-state index in [0.29, 0.717) is 22.2 Å². The van der Waals surface area contributed by atoms with Crippen LogP contribution in [0.4, 0.5) is 5.69 Å². The summed E-state index contributed by atoms with van der Waals surface area (Å²) in [5, 5.41) is 13.1. The standard InChI is InChI=1S/C21H19ClN4O2/c1-11(2)12-6-7-17-15(9-12)19(21(28)24-17)25-20(27)16-10-23-26-18(16)13-4-3-5-14(22)8-13/h3-11,19H,1-2H3,(H,23,26)(H,24,28)(H,25,27)/t19-/m0/s1. The van der Waals surface area contributed by atoms with Crippen molar-refractivity contribution in [1.82, 2.24) is 15.5 Å². The molecule has 0 saturated carbocycles. The summed E-state index contributed by atoms with van der Waals surface area (Å²) in [4.78, 5) is 25.4. The predicted molar refractivity (Wildman–Crippen MR) is 108 cm³/mol. The van der Waals surface area contributed by atoms with Crippen LogP contribution in [0.3, 0.4) is 0 Å². The third kappa shape index (κ3) is 3.27. The molecule has 1 aliphatic heterocycles. The number of aromatic nitrogens is 2. The van der Waals surface area contributed by atoms with Gasteiger partial charge in [-0.15, -0.1) is 0 Å². The van der Waals surface area contributed by atoms with Crippen LogP contribution in [0.1, 0.15) is 47.3 Å². The maximum atomic E-state index is 12.9. The molecule has 1 atom stereocenters. The van der Waals surface area contributed by atoms with E-state index >= 15 is 0 Å². The van der Waals surface area contributed by atoms with Crippen molar-refractivity contribution in [3.05, 3.63) is 70.4 Å². The van der Waals surface area contributed by atoms with Gasteiger partial charge in [0.2, 0.25) is 0 Å². The SMILES string of the molecule is CC(C)c1ccc2c(c1)[C@H](NC(=O)c1cn[nH]c1-c1cccc(Cl)c1)C(=O)N2. The number of hydrogen-bond donors (Lipinski definition) is 3. The molecule has 2 aromatic carbocycles. The molecule has 3 aromatic rings. The first-order valence-corrected chi connectivity index (χ1v) is 9.36. The van der Waals surface area contributed by atoms with Crippen LogP contribution in [0, 0.1) is 0 Å². The zero-order valence-electron chi connectivity index (χ0n) is 15.4. The van der Waals surface area contributed by atoms with Gasteiger partial charge in [-0.3, -0.25) is 14.7 Å². The van der Waals surface area contributed by atoms with E-state index in [1.165, 1.54) is 6.20 Å². The second-order valence-electron chi connectivity index (χ2n) is 7.07. The topological polar surface area (TPSA) is 86.9 Å². The molecule has 0 aliphatic carbocycles. The fourth-order valence-corrected chi connectivity index (χ4v) is 3.50. The molecule has 0 spiro atoms. The third-order valence-corrected chi connectivity index (χ3v) is 5.08. The Morgan fingerprint density at radius 3 is 2.79 bits per heavy atom. The molecule has 0 saturated heterocycles. The lowest BCUT2D eigenvalue weighted by atomic mass is 9.98. The van der Waals surface area contributed by atoms with Crippen molar-refractivity contribution < 1.29 is 9.59 Å². The Balaban J connectivity index is 1.63. The maximum absolute atomic E-state index is 12.9. The predicted octanol–water partition coefficient (Wildman–Crippen LogP) is 4.28. The lowest BCUT2D eigenvalue weighted by Crippen LogP contribution is -2.33. The van der Waals surface area contributed by atoms with Crippen molar-refractivity contribution in [2.24, 2.45) is 0 Å². The van der Waals surface area contributed by atoms with Gasteiger partial charge in [-0.1, -0.05) is 49.7 Å². The zero-order chi connectivity index (χ0) is 19.8. The monoisotopic (exact) mass is 394 g/mol. The molecule has 28 heavy (non-hydrogen) atoms. The number of hydrogen-bond acceptors (Lipinski definition) is 3. The van der Waals surface area contributed by atoms with Gasteiger partial charge >= 0.3 is 0 Å². The largest absolute Gasteiger partial charge is 0.336 e. The molecular formula is C21H19ClN4O2.